The Morgan fingerprint density at radius 1 is 1.28 bits per heavy atom. The van der Waals surface area contributed by atoms with Crippen LogP contribution in [0.1, 0.15) is 57.4 Å². The van der Waals surface area contributed by atoms with Gasteiger partial charge in [-0.15, -0.1) is 0 Å². The molecule has 0 aromatic heterocycles. The highest BCUT2D eigenvalue weighted by atomic mass is 16.5. The molecule has 0 spiro atoms. The Hall–Kier alpha value is -1.31. The highest BCUT2D eigenvalue weighted by Crippen LogP contribution is 2.32. The number of ketones is 1. The summed E-state index contributed by atoms with van der Waals surface area (Å²) in [7, 11) is 1.69. The largest absolute Gasteiger partial charge is 0.496 e. The summed E-state index contributed by atoms with van der Waals surface area (Å²) in [6, 6.07) is 8.05. The number of benzene rings is 1. The summed E-state index contributed by atoms with van der Waals surface area (Å²) in [6.07, 6.45) is 5.28. The minimum atomic E-state index is 0.252. The average Bonchev–Trinajstić information content (AvgIpc) is 2.37. The predicted molar refractivity (Wildman–Crippen MR) is 75.2 cm³/mol. The molecule has 0 aliphatic heterocycles. The maximum absolute atomic E-state index is 11.4. The highest BCUT2D eigenvalue weighted by Gasteiger charge is 2.17. The lowest BCUT2D eigenvalue weighted by molar-refractivity contribution is -0.117. The fraction of sp³-hybridized carbons (Fsp3) is 0.562. The molecule has 0 aliphatic carbocycles. The first-order chi connectivity index (χ1) is 8.69. The summed E-state index contributed by atoms with van der Waals surface area (Å²) in [4.78, 5) is 11.4. The van der Waals surface area contributed by atoms with Crippen molar-refractivity contribution in [2.45, 2.75) is 51.9 Å². The first-order valence-corrected chi connectivity index (χ1v) is 6.81. The summed E-state index contributed by atoms with van der Waals surface area (Å²) in [6.45, 7) is 3.87. The van der Waals surface area contributed by atoms with Crippen molar-refractivity contribution >= 4 is 5.78 Å². The number of unbranched alkanes of at least 4 members (excludes halogenated alkanes) is 2. The molecule has 0 aliphatic rings. The van der Waals surface area contributed by atoms with Crippen molar-refractivity contribution in [2.75, 3.05) is 7.11 Å². The zero-order valence-electron chi connectivity index (χ0n) is 11.7. The van der Waals surface area contributed by atoms with Gasteiger partial charge in [-0.2, -0.15) is 0 Å². The molecule has 1 rings (SSSR count). The second kappa shape index (κ2) is 7.91. The number of hydrogen-bond donors (Lipinski definition) is 0. The van der Waals surface area contributed by atoms with E-state index in [1.807, 2.05) is 18.2 Å². The Balaban J connectivity index is 2.82. The van der Waals surface area contributed by atoms with E-state index >= 15 is 0 Å². The molecule has 1 atom stereocenters. The number of para-hydroxylation sites is 1. The number of methoxy groups -OCH3 is 1. The number of carbonyl (C=O) groups is 1. The van der Waals surface area contributed by atoms with Crippen LogP contribution in [0.5, 0.6) is 5.75 Å². The van der Waals surface area contributed by atoms with E-state index in [2.05, 4.69) is 13.0 Å². The second-order valence-electron chi connectivity index (χ2n) is 4.84. The molecule has 1 aromatic carbocycles. The maximum atomic E-state index is 11.4. The molecule has 18 heavy (non-hydrogen) atoms. The lowest BCUT2D eigenvalue weighted by Gasteiger charge is -2.18. The van der Waals surface area contributed by atoms with E-state index in [4.69, 9.17) is 4.74 Å². The molecule has 0 saturated heterocycles. The Kier molecular flexibility index (Phi) is 6.48. The summed E-state index contributed by atoms with van der Waals surface area (Å²) in [5, 5.41) is 0. The molecule has 100 valence electrons. The Morgan fingerprint density at radius 3 is 2.61 bits per heavy atom. The van der Waals surface area contributed by atoms with Gasteiger partial charge < -0.3 is 9.53 Å². The topological polar surface area (TPSA) is 26.3 Å². The number of Topliss-reactive ketones (excluding diaryl/α,β-unsaturated/α-hetero) is 1. The molecule has 2 heteroatoms. The molecule has 2 nitrogen and oxygen atoms in total. The van der Waals surface area contributed by atoms with E-state index in [-0.39, 0.29) is 5.78 Å². The third-order valence-electron chi connectivity index (χ3n) is 3.27. The van der Waals surface area contributed by atoms with Crippen molar-refractivity contribution in [3.63, 3.8) is 0 Å². The molecule has 0 saturated carbocycles. The van der Waals surface area contributed by atoms with E-state index in [0.717, 1.165) is 12.2 Å². The zero-order valence-corrected chi connectivity index (χ0v) is 11.7. The average molecular weight is 248 g/mol. The highest BCUT2D eigenvalue weighted by molar-refractivity contribution is 5.76. The molecule has 0 N–H and O–H groups in total. The van der Waals surface area contributed by atoms with Crippen LogP contribution in [0, 0.1) is 0 Å². The molecule has 0 fully saturated rings. The van der Waals surface area contributed by atoms with Gasteiger partial charge in [0.1, 0.15) is 11.5 Å². The van der Waals surface area contributed by atoms with Gasteiger partial charge in [0, 0.05) is 6.42 Å². The van der Waals surface area contributed by atoms with E-state index in [9.17, 15) is 4.79 Å². The SMILES string of the molecule is CCCCCC(CC(C)=O)c1ccccc1OC. The Labute approximate surface area is 110 Å². The van der Waals surface area contributed by atoms with Gasteiger partial charge in [0.2, 0.25) is 0 Å². The number of hydrogen-bond acceptors (Lipinski definition) is 2. The third-order valence-corrected chi connectivity index (χ3v) is 3.27. The number of ether oxygens (including phenoxy) is 1. The van der Waals surface area contributed by atoms with Crippen molar-refractivity contribution in [3.05, 3.63) is 29.8 Å². The van der Waals surface area contributed by atoms with Crippen LogP contribution in [0.25, 0.3) is 0 Å². The van der Waals surface area contributed by atoms with Gasteiger partial charge >= 0.3 is 0 Å². The molecular formula is C16H24O2. The van der Waals surface area contributed by atoms with Crippen molar-refractivity contribution in [1.82, 2.24) is 0 Å². The van der Waals surface area contributed by atoms with E-state index in [0.29, 0.717) is 12.3 Å². The van der Waals surface area contributed by atoms with E-state index in [1.165, 1.54) is 24.8 Å². The molecule has 0 heterocycles. The molecule has 1 aromatic rings. The van der Waals surface area contributed by atoms with Crippen LogP contribution in [-0.4, -0.2) is 12.9 Å². The predicted octanol–water partition coefficient (Wildman–Crippen LogP) is 4.34. The standard InChI is InChI=1S/C16H24O2/c1-4-5-6-9-14(12-13(2)17)15-10-7-8-11-16(15)18-3/h7-8,10-11,14H,4-6,9,12H2,1-3H3. The molecule has 0 radical (unpaired) electrons. The smallest absolute Gasteiger partial charge is 0.130 e. The fourth-order valence-electron chi connectivity index (χ4n) is 2.36. The van der Waals surface area contributed by atoms with Crippen LogP contribution in [0.4, 0.5) is 0 Å². The van der Waals surface area contributed by atoms with Crippen LogP contribution in [-0.2, 0) is 4.79 Å². The van der Waals surface area contributed by atoms with Crippen LogP contribution < -0.4 is 4.74 Å². The molecule has 1 unspecified atom stereocenters. The summed E-state index contributed by atoms with van der Waals surface area (Å²) in [5.41, 5.74) is 1.17. The van der Waals surface area contributed by atoms with E-state index < -0.39 is 0 Å². The van der Waals surface area contributed by atoms with Gasteiger partial charge in [-0.1, -0.05) is 44.4 Å². The second-order valence-corrected chi connectivity index (χ2v) is 4.84. The van der Waals surface area contributed by atoms with E-state index in [1.54, 1.807) is 14.0 Å². The third kappa shape index (κ3) is 4.52. The van der Waals surface area contributed by atoms with Crippen LogP contribution in [0.15, 0.2) is 24.3 Å². The molecular weight excluding hydrogens is 224 g/mol. The van der Waals surface area contributed by atoms with Gasteiger partial charge in [-0.3, -0.25) is 0 Å². The first-order valence-electron chi connectivity index (χ1n) is 6.81. The number of carbonyl (C=O) groups excluding carboxylic acids is 1. The van der Waals surface area contributed by atoms with Gasteiger partial charge in [0.15, 0.2) is 0 Å². The maximum Gasteiger partial charge on any atom is 0.130 e. The minimum Gasteiger partial charge on any atom is -0.496 e. The molecule has 0 bridgehead atoms. The zero-order chi connectivity index (χ0) is 13.4. The van der Waals surface area contributed by atoms with Crippen molar-refractivity contribution < 1.29 is 9.53 Å². The van der Waals surface area contributed by atoms with Crippen molar-refractivity contribution in [3.8, 4) is 5.75 Å². The minimum absolute atomic E-state index is 0.252. The van der Waals surface area contributed by atoms with Crippen molar-refractivity contribution in [2.24, 2.45) is 0 Å². The van der Waals surface area contributed by atoms with Gasteiger partial charge in [0.25, 0.3) is 0 Å². The van der Waals surface area contributed by atoms with Crippen LogP contribution >= 0.6 is 0 Å². The first kappa shape index (κ1) is 14.7. The summed E-state index contributed by atoms with van der Waals surface area (Å²) >= 11 is 0. The van der Waals surface area contributed by atoms with Gasteiger partial charge in [-0.25, -0.2) is 0 Å². The lowest BCUT2D eigenvalue weighted by Crippen LogP contribution is -2.06. The normalized spacial score (nSPS) is 12.2. The fourth-order valence-corrected chi connectivity index (χ4v) is 2.36. The van der Waals surface area contributed by atoms with Crippen LogP contribution in [0.3, 0.4) is 0 Å². The van der Waals surface area contributed by atoms with Gasteiger partial charge in [-0.05, 0) is 30.9 Å². The summed E-state index contributed by atoms with van der Waals surface area (Å²) < 4.78 is 5.40. The Bertz CT molecular complexity index is 371. The molecule has 0 amide bonds. The monoisotopic (exact) mass is 248 g/mol. The van der Waals surface area contributed by atoms with Gasteiger partial charge in [0.05, 0.1) is 7.11 Å². The lowest BCUT2D eigenvalue weighted by atomic mass is 9.88. The number of rotatable bonds is 8. The van der Waals surface area contributed by atoms with Crippen molar-refractivity contribution in [1.29, 1.82) is 0 Å². The quantitative estimate of drug-likeness (QED) is 0.640. The van der Waals surface area contributed by atoms with Crippen LogP contribution in [0.2, 0.25) is 0 Å². The summed E-state index contributed by atoms with van der Waals surface area (Å²) in [5.74, 6) is 1.45. The Morgan fingerprint density at radius 2 is 2.00 bits per heavy atom.